The van der Waals surface area contributed by atoms with Crippen molar-refractivity contribution in [1.29, 1.82) is 0 Å². The molecule has 0 spiro atoms. The van der Waals surface area contributed by atoms with Gasteiger partial charge in [-0.15, -0.1) is 5.10 Å². The second-order valence-electron chi connectivity index (χ2n) is 30.3. The highest BCUT2D eigenvalue weighted by Gasteiger charge is 2.56. The molecule has 1 fully saturated rings. The molecule has 2 heterocycles. The smallest absolute Gasteiger partial charge is 0.306 e. The number of carboxylic acid groups (broad SMARTS) is 6. The lowest BCUT2D eigenvalue weighted by atomic mass is 9.90. The number of benzene rings is 1. The second kappa shape index (κ2) is 45.5. The normalized spacial score (nSPS) is 16.5. The predicted octanol–water partition coefficient (Wildman–Crippen LogP) is 7.84. The molecule has 1 aromatic heterocycles. The lowest BCUT2D eigenvalue weighted by Crippen LogP contribution is -2.57. The van der Waals surface area contributed by atoms with Gasteiger partial charge in [-0.1, -0.05) is 91.0 Å². The molecule has 32 nitrogen and oxygen atoms in total. The summed E-state index contributed by atoms with van der Waals surface area (Å²) in [7, 11) is -15.9. The molecule has 3 rings (SSSR count). The monoisotopic (exact) mass is 1590 g/mol. The number of ketones is 4. The molecule has 2 aromatic rings. The molecule has 0 aliphatic carbocycles. The second-order valence-corrected chi connectivity index (χ2v) is 42.4. The van der Waals surface area contributed by atoms with E-state index < -0.39 is 206 Å². The maximum atomic E-state index is 17.2. The van der Waals surface area contributed by atoms with E-state index in [0.717, 1.165) is 4.68 Å². The summed E-state index contributed by atoms with van der Waals surface area (Å²) in [5.41, 5.74) is 0.369. The van der Waals surface area contributed by atoms with E-state index in [2.05, 4.69) is 20.9 Å². The third-order valence-corrected chi connectivity index (χ3v) is 29.7. The van der Waals surface area contributed by atoms with Gasteiger partial charge in [0.1, 0.15) is 23.4 Å². The van der Waals surface area contributed by atoms with Crippen molar-refractivity contribution in [3.63, 3.8) is 0 Å². The van der Waals surface area contributed by atoms with Crippen LogP contribution in [0.5, 0.6) is 0 Å². The fourth-order valence-corrected chi connectivity index (χ4v) is 22.6. The van der Waals surface area contributed by atoms with E-state index in [1.165, 1.54) is 18.3 Å². The van der Waals surface area contributed by atoms with Gasteiger partial charge in [0.2, 0.25) is 28.0 Å². The van der Waals surface area contributed by atoms with E-state index in [0.29, 0.717) is 69.4 Å². The van der Waals surface area contributed by atoms with E-state index in [1.807, 2.05) is 41.5 Å². The number of unbranched alkanes of at least 4 members (excludes halogenated alkanes) is 6. The molecule has 37 heteroatoms. The Labute approximate surface area is 625 Å². The van der Waals surface area contributed by atoms with Crippen molar-refractivity contribution in [3.05, 3.63) is 41.7 Å². The van der Waals surface area contributed by atoms with Gasteiger partial charge in [-0.25, -0.2) is 4.68 Å². The number of halogens is 1. The van der Waals surface area contributed by atoms with Gasteiger partial charge in [0.25, 0.3) is 14.3 Å². The van der Waals surface area contributed by atoms with Crippen LogP contribution in [0, 0.1) is 17.8 Å². The average molecular weight is 1590 g/mol. The lowest BCUT2D eigenvalue weighted by molar-refractivity contribution is -0.146. The Balaban J connectivity index is 1.60. The topological polar surface area (TPSA) is 503 Å². The maximum absolute atomic E-state index is 17.2. The predicted molar refractivity (Wildman–Crippen MR) is 396 cm³/mol. The SMILES string of the molecule is CC(C)(C)[Si](F)(c1ccc(C(=O)NC[C@@H](C(=O)C[C@@H](CCCCCC(=O)CCCCCCC(=O)NCCCC[C@H](CC(=O)C[C@@H](CCC(=O)O)C(=O)O)C(=O)O)C(=O)O)n2cc(CCC(=O)CCP(=O)(O)CN3CCN(CP(=O)(O)CCC(=O)O)CCN(CP(=O)(O)CCC(=O)O)CC3)nn2)cc1)C(C)(C)C. The van der Waals surface area contributed by atoms with Crippen LogP contribution in [0.15, 0.2) is 30.5 Å². The van der Waals surface area contributed by atoms with Crippen molar-refractivity contribution in [2.75, 3.05) is 89.7 Å². The third kappa shape index (κ3) is 36.6. The van der Waals surface area contributed by atoms with E-state index >= 15 is 4.11 Å². The Hall–Kier alpha value is -6.60. The number of aryl methyl sites for hydroxylation is 1. The van der Waals surface area contributed by atoms with Crippen LogP contribution in [0.1, 0.15) is 211 Å². The molecule has 2 amide bonds. The van der Waals surface area contributed by atoms with Crippen LogP contribution >= 0.6 is 22.1 Å². The highest BCUT2D eigenvalue weighted by Crippen LogP contribution is 2.51. The van der Waals surface area contributed by atoms with Crippen LogP contribution in [0.3, 0.4) is 0 Å². The number of carbonyl (C=O) groups excluding carboxylic acids is 6. The van der Waals surface area contributed by atoms with Crippen molar-refractivity contribution in [2.24, 2.45) is 17.8 Å². The first kappa shape index (κ1) is 94.6. The third-order valence-electron chi connectivity index (χ3n) is 19.1. The molecule has 7 atom stereocenters. The number of carboxylic acids is 6. The largest absolute Gasteiger partial charge is 0.481 e. The molecule has 604 valence electrons. The summed E-state index contributed by atoms with van der Waals surface area (Å²) in [5, 5.41) is 69.3. The molecule has 1 saturated heterocycles. The van der Waals surface area contributed by atoms with Crippen LogP contribution in [0.4, 0.5) is 4.11 Å². The highest BCUT2D eigenvalue weighted by atomic mass is 31.2. The van der Waals surface area contributed by atoms with Crippen molar-refractivity contribution >= 4 is 106 Å². The van der Waals surface area contributed by atoms with Crippen molar-refractivity contribution in [1.82, 2.24) is 40.3 Å². The molecular formula is C70H114FN8O24P3Si. The average Bonchev–Trinajstić information content (AvgIpc) is 1.30. The first-order valence-corrected chi connectivity index (χ1v) is 44.6. The van der Waals surface area contributed by atoms with Crippen molar-refractivity contribution < 1.29 is 121 Å². The lowest BCUT2D eigenvalue weighted by Gasteiger charge is -2.44. The van der Waals surface area contributed by atoms with Gasteiger partial charge >= 0.3 is 35.8 Å². The van der Waals surface area contributed by atoms with Crippen LogP contribution < -0.4 is 15.8 Å². The summed E-state index contributed by atoms with van der Waals surface area (Å²) in [6, 6.07) is 4.88. The van der Waals surface area contributed by atoms with Gasteiger partial charge in [0.05, 0.1) is 55.1 Å². The highest BCUT2D eigenvalue weighted by molar-refractivity contribution is 7.58. The van der Waals surface area contributed by atoms with Crippen LogP contribution in [-0.4, -0.2) is 244 Å². The molecule has 1 aromatic carbocycles. The van der Waals surface area contributed by atoms with Gasteiger partial charge in [0, 0.05) is 140 Å². The van der Waals surface area contributed by atoms with E-state index in [9.17, 15) is 101 Å². The number of aliphatic carboxylic acids is 6. The molecule has 3 unspecified atom stereocenters. The van der Waals surface area contributed by atoms with Crippen LogP contribution in [0.2, 0.25) is 10.1 Å². The van der Waals surface area contributed by atoms with Crippen LogP contribution in [0.25, 0.3) is 0 Å². The number of carbonyl (C=O) groups is 12. The molecule has 11 N–H and O–H groups in total. The molecule has 0 radical (unpaired) electrons. The number of hydrogen-bond acceptors (Lipinski definition) is 20. The molecule has 107 heavy (non-hydrogen) atoms. The summed E-state index contributed by atoms with van der Waals surface area (Å²) < 4.78 is 58.2. The standard InChI is InChI=1S/C70H114FN8O24P3Si/c1-69(2,3)107(71,70(4,5)6)58-26-21-50(22-27-58)65(91)73-45-59(60(83)44-52(67(94)95)16-10-9-12-19-55(80)18-11-7-8-13-20-61(84)72-32-15-14-17-51(66(92)93)42-57(82)43-53(68(96)97)23-28-62(85)86)79-46-54(74-75-79)24-25-56(81)29-39-104(98,99)47-76-33-35-77(48-105(100,101)40-30-63(87)88)37-38-78(36-34-76)49-106(102,103)41-31-64(89)90/h21-22,26-27,46,51-53,59H,7-20,23-25,28-45,47-49H2,1-6H3,(H,72,84)(H,73,91)(H,85,86)(H,87,88)(H,89,90)(H,92,93)(H,94,95)(H,96,97)(H,98,99)(H,100,101)(H,102,103)/t51-,52-,53-,59+/m1/s1. The molecule has 0 bridgehead atoms. The minimum absolute atomic E-state index is 0.0163. The van der Waals surface area contributed by atoms with Gasteiger partial charge in [-0.2, -0.15) is 0 Å². The zero-order chi connectivity index (χ0) is 80.5. The number of nitrogens with one attached hydrogen (secondary N) is 2. The molecular weight excluding hydrogens is 1480 g/mol. The van der Waals surface area contributed by atoms with Crippen molar-refractivity contribution in [2.45, 2.75) is 212 Å². The summed E-state index contributed by atoms with van der Waals surface area (Å²) >= 11 is 0. The number of rotatable bonds is 54. The first-order chi connectivity index (χ1) is 49.8. The molecule has 1 aliphatic heterocycles. The van der Waals surface area contributed by atoms with Crippen LogP contribution in [-0.2, 0) is 72.9 Å². The van der Waals surface area contributed by atoms with E-state index in [4.69, 9.17) is 15.3 Å². The van der Waals surface area contributed by atoms with Gasteiger partial charge < -0.3 is 60.1 Å². The van der Waals surface area contributed by atoms with Gasteiger partial charge in [-0.3, -0.25) is 85.9 Å². The van der Waals surface area contributed by atoms with E-state index in [1.54, 1.807) is 26.8 Å². The number of nitrogens with zero attached hydrogens (tertiary/aromatic N) is 6. The number of aromatic nitrogens is 3. The molecule has 0 saturated carbocycles. The summed E-state index contributed by atoms with van der Waals surface area (Å²) in [4.78, 5) is 186. The summed E-state index contributed by atoms with van der Waals surface area (Å²) in [5.74, 6) is -13.5. The molecule has 1 aliphatic rings. The number of Topliss-reactive ketones (excluding diaryl/α,β-unsaturated/α-hetero) is 4. The fraction of sp³-hybridized carbons (Fsp3) is 0.714. The zero-order valence-corrected chi connectivity index (χ0v) is 66.3. The Morgan fingerprint density at radius 1 is 0.495 bits per heavy atom. The Bertz CT molecular complexity index is 3410. The Morgan fingerprint density at radius 2 is 0.907 bits per heavy atom. The first-order valence-electron chi connectivity index (χ1n) is 36.6. The van der Waals surface area contributed by atoms with Crippen molar-refractivity contribution in [3.8, 4) is 0 Å². The van der Waals surface area contributed by atoms with E-state index in [-0.39, 0.29) is 120 Å². The quantitative estimate of drug-likeness (QED) is 0.0130. The minimum Gasteiger partial charge on any atom is -0.481 e. The van der Waals surface area contributed by atoms with Gasteiger partial charge in [0.15, 0.2) is 5.78 Å². The maximum Gasteiger partial charge on any atom is 0.306 e. The minimum atomic E-state index is -4.14. The van der Waals surface area contributed by atoms with Gasteiger partial charge in [-0.05, 0) is 78.8 Å². The Kier molecular flexibility index (Phi) is 40.2. The number of hydrogen-bond donors (Lipinski definition) is 11. The Morgan fingerprint density at radius 3 is 1.36 bits per heavy atom. The summed E-state index contributed by atoms with van der Waals surface area (Å²) in [6.45, 7) is 11.4. The fourth-order valence-electron chi connectivity index (χ4n) is 13.1. The summed E-state index contributed by atoms with van der Waals surface area (Å²) in [6.07, 6.45) is 0.433. The zero-order valence-electron chi connectivity index (χ0n) is 62.6. The number of amides is 2.